The van der Waals surface area contributed by atoms with E-state index in [2.05, 4.69) is 178 Å². The Balaban J connectivity index is 1.15. The number of rotatable bonds is 6. The molecule has 1 aromatic heterocycles. The molecule has 0 fully saturated rings. The highest BCUT2D eigenvalue weighted by atomic mass is 15.0. The van der Waals surface area contributed by atoms with Crippen LogP contribution in [0.4, 0.5) is 0 Å². The minimum absolute atomic E-state index is 0.0955. The van der Waals surface area contributed by atoms with Gasteiger partial charge in [-0.1, -0.05) is 178 Å². The highest BCUT2D eigenvalue weighted by Gasteiger charge is 2.37. The van der Waals surface area contributed by atoms with Gasteiger partial charge in [0, 0.05) is 22.1 Å². The summed E-state index contributed by atoms with van der Waals surface area (Å²) < 4.78 is 0. The van der Waals surface area contributed by atoms with Crippen molar-refractivity contribution < 1.29 is 0 Å². The molecule has 9 rings (SSSR count). The minimum Gasteiger partial charge on any atom is -0.208 e. The van der Waals surface area contributed by atoms with Gasteiger partial charge >= 0.3 is 0 Å². The van der Waals surface area contributed by atoms with E-state index < -0.39 is 0 Å². The van der Waals surface area contributed by atoms with Crippen LogP contribution in [0.2, 0.25) is 0 Å². The Morgan fingerprint density at radius 1 is 0.314 bits per heavy atom. The normalized spacial score (nSPS) is 12.7. The van der Waals surface area contributed by atoms with Crippen LogP contribution in [0.3, 0.4) is 0 Å². The van der Waals surface area contributed by atoms with E-state index in [4.69, 9.17) is 15.0 Å². The first-order chi connectivity index (χ1) is 25.0. The quantitative estimate of drug-likeness (QED) is 0.179. The van der Waals surface area contributed by atoms with Crippen LogP contribution in [0.1, 0.15) is 25.0 Å². The zero-order chi connectivity index (χ0) is 34.4. The van der Waals surface area contributed by atoms with Crippen LogP contribution in [-0.4, -0.2) is 15.0 Å². The van der Waals surface area contributed by atoms with Gasteiger partial charge in [0.15, 0.2) is 17.5 Å². The van der Waals surface area contributed by atoms with Crippen LogP contribution in [0.25, 0.3) is 78.7 Å². The number of aromatic nitrogens is 3. The Morgan fingerprint density at radius 3 is 1.31 bits per heavy atom. The van der Waals surface area contributed by atoms with Crippen LogP contribution in [0, 0.1) is 0 Å². The van der Waals surface area contributed by atoms with Crippen molar-refractivity contribution in [3.8, 4) is 78.7 Å². The standard InChI is InChI=1S/C48H35N3/c1-48(2)43-25-10-9-22-41(43)42-24-13-23-40(44(42)48)34-26-28-35(29-27-34)45-49-46(38-20-11-18-36(30-38)32-14-5-3-6-15-32)51-47(50-45)39-21-12-19-37(31-39)33-16-7-4-8-17-33/h3-31H,1-2H3. The van der Waals surface area contributed by atoms with E-state index in [-0.39, 0.29) is 5.41 Å². The molecule has 242 valence electrons. The summed E-state index contributed by atoms with van der Waals surface area (Å²) >= 11 is 0. The second-order valence-electron chi connectivity index (χ2n) is 13.7. The molecule has 3 heteroatoms. The number of nitrogens with zero attached hydrogens (tertiary/aromatic N) is 3. The predicted molar refractivity (Wildman–Crippen MR) is 210 cm³/mol. The fourth-order valence-electron chi connectivity index (χ4n) is 7.59. The lowest BCUT2D eigenvalue weighted by atomic mass is 9.79. The molecule has 51 heavy (non-hydrogen) atoms. The molecule has 3 nitrogen and oxygen atoms in total. The lowest BCUT2D eigenvalue weighted by Gasteiger charge is -2.24. The van der Waals surface area contributed by atoms with E-state index in [0.29, 0.717) is 17.5 Å². The highest BCUT2D eigenvalue weighted by molar-refractivity contribution is 5.88. The Kier molecular flexibility index (Phi) is 7.48. The molecule has 7 aromatic carbocycles. The van der Waals surface area contributed by atoms with Crippen LogP contribution < -0.4 is 0 Å². The zero-order valence-corrected chi connectivity index (χ0v) is 28.6. The summed E-state index contributed by atoms with van der Waals surface area (Å²) in [7, 11) is 0. The number of hydrogen-bond acceptors (Lipinski definition) is 3. The Morgan fingerprint density at radius 2 is 0.725 bits per heavy atom. The average molecular weight is 654 g/mol. The van der Waals surface area contributed by atoms with Crippen molar-refractivity contribution in [1.29, 1.82) is 0 Å². The average Bonchev–Trinajstić information content (AvgIpc) is 3.44. The summed E-state index contributed by atoms with van der Waals surface area (Å²) in [6.45, 7) is 4.67. The van der Waals surface area contributed by atoms with Crippen LogP contribution >= 0.6 is 0 Å². The third-order valence-electron chi connectivity index (χ3n) is 10.1. The van der Waals surface area contributed by atoms with E-state index in [1.54, 1.807) is 0 Å². The molecular formula is C48H35N3. The van der Waals surface area contributed by atoms with Crippen molar-refractivity contribution in [2.75, 3.05) is 0 Å². The molecule has 0 unspecified atom stereocenters. The molecule has 8 aromatic rings. The van der Waals surface area contributed by atoms with Gasteiger partial charge in [0.1, 0.15) is 0 Å². The lowest BCUT2D eigenvalue weighted by Crippen LogP contribution is -2.16. The molecule has 1 aliphatic carbocycles. The van der Waals surface area contributed by atoms with Gasteiger partial charge in [0.2, 0.25) is 0 Å². The van der Waals surface area contributed by atoms with E-state index in [0.717, 1.165) is 38.9 Å². The van der Waals surface area contributed by atoms with Gasteiger partial charge < -0.3 is 0 Å². The van der Waals surface area contributed by atoms with Crippen LogP contribution in [0.15, 0.2) is 176 Å². The third-order valence-corrected chi connectivity index (χ3v) is 10.1. The molecule has 0 N–H and O–H groups in total. The second-order valence-corrected chi connectivity index (χ2v) is 13.7. The van der Waals surface area contributed by atoms with Crippen molar-refractivity contribution in [3.05, 3.63) is 187 Å². The number of benzene rings is 7. The Labute approximate surface area is 299 Å². The monoisotopic (exact) mass is 653 g/mol. The molecule has 0 radical (unpaired) electrons. The second kappa shape index (κ2) is 12.5. The van der Waals surface area contributed by atoms with Crippen molar-refractivity contribution >= 4 is 0 Å². The fraction of sp³-hybridized carbons (Fsp3) is 0.0625. The number of hydrogen-bond donors (Lipinski definition) is 0. The van der Waals surface area contributed by atoms with Crippen molar-refractivity contribution in [2.24, 2.45) is 0 Å². The van der Waals surface area contributed by atoms with Gasteiger partial charge in [-0.15, -0.1) is 0 Å². The third kappa shape index (κ3) is 5.53. The lowest BCUT2D eigenvalue weighted by molar-refractivity contribution is 0.662. The van der Waals surface area contributed by atoms with Crippen molar-refractivity contribution in [1.82, 2.24) is 15.0 Å². The minimum atomic E-state index is -0.0955. The maximum absolute atomic E-state index is 5.10. The van der Waals surface area contributed by atoms with Crippen LogP contribution in [0.5, 0.6) is 0 Å². The smallest absolute Gasteiger partial charge is 0.164 e. The molecule has 0 spiro atoms. The molecular weight excluding hydrogens is 619 g/mol. The van der Waals surface area contributed by atoms with E-state index in [1.165, 1.54) is 33.4 Å². The summed E-state index contributed by atoms with van der Waals surface area (Å²) in [5, 5.41) is 0. The largest absolute Gasteiger partial charge is 0.208 e. The van der Waals surface area contributed by atoms with Gasteiger partial charge in [-0.2, -0.15) is 0 Å². The van der Waals surface area contributed by atoms with Gasteiger partial charge in [-0.25, -0.2) is 15.0 Å². The molecule has 0 bridgehead atoms. The molecule has 0 saturated heterocycles. The number of fused-ring (bicyclic) bond motifs is 3. The van der Waals surface area contributed by atoms with Gasteiger partial charge in [-0.05, 0) is 67.8 Å². The van der Waals surface area contributed by atoms with E-state index in [1.807, 2.05) is 12.1 Å². The zero-order valence-electron chi connectivity index (χ0n) is 28.6. The van der Waals surface area contributed by atoms with Gasteiger partial charge in [-0.3, -0.25) is 0 Å². The highest BCUT2D eigenvalue weighted by Crippen LogP contribution is 2.52. The summed E-state index contributed by atoms with van der Waals surface area (Å²) in [5.74, 6) is 1.92. The van der Waals surface area contributed by atoms with Crippen molar-refractivity contribution in [3.63, 3.8) is 0 Å². The molecule has 1 heterocycles. The summed E-state index contributed by atoms with van der Waals surface area (Å²) in [4.78, 5) is 15.3. The van der Waals surface area contributed by atoms with Crippen molar-refractivity contribution in [2.45, 2.75) is 19.3 Å². The maximum Gasteiger partial charge on any atom is 0.164 e. The molecule has 0 amide bonds. The first-order valence-corrected chi connectivity index (χ1v) is 17.4. The SMILES string of the molecule is CC1(C)c2ccccc2-c2cccc(-c3ccc(-c4nc(-c5cccc(-c6ccccc6)c5)nc(-c5cccc(-c6ccccc6)c5)n4)cc3)c21. The summed E-state index contributed by atoms with van der Waals surface area (Å²) in [5.41, 5.74) is 15.1. The van der Waals surface area contributed by atoms with Gasteiger partial charge in [0.25, 0.3) is 0 Å². The maximum atomic E-state index is 5.10. The first-order valence-electron chi connectivity index (χ1n) is 17.4. The summed E-state index contributed by atoms with van der Waals surface area (Å²) in [6.07, 6.45) is 0. The summed E-state index contributed by atoms with van der Waals surface area (Å²) in [6, 6.07) is 61.9. The first kappa shape index (κ1) is 30.6. The van der Waals surface area contributed by atoms with E-state index >= 15 is 0 Å². The Bertz CT molecular complexity index is 2430. The van der Waals surface area contributed by atoms with E-state index in [9.17, 15) is 0 Å². The predicted octanol–water partition coefficient (Wildman–Crippen LogP) is 12.2. The molecule has 0 saturated carbocycles. The molecule has 1 aliphatic rings. The fourth-order valence-corrected chi connectivity index (χ4v) is 7.59. The van der Waals surface area contributed by atoms with Gasteiger partial charge in [0.05, 0.1) is 0 Å². The Hall–Kier alpha value is -6.45. The molecule has 0 aliphatic heterocycles. The van der Waals surface area contributed by atoms with Crippen LogP contribution in [-0.2, 0) is 5.41 Å². The molecule has 0 atom stereocenters. The topological polar surface area (TPSA) is 38.7 Å².